The molecule has 0 saturated heterocycles. The fraction of sp³-hybridized carbons (Fsp3) is 0.300. The van der Waals surface area contributed by atoms with Crippen LogP contribution in [-0.2, 0) is 0 Å². The van der Waals surface area contributed by atoms with E-state index in [1.807, 2.05) is 6.07 Å². The number of carbonyl (C=O) groups excluding carboxylic acids is 1. The number of methoxy groups -OCH3 is 1. The second kappa shape index (κ2) is 3.57. The van der Waals surface area contributed by atoms with Gasteiger partial charge >= 0.3 is 0 Å². The van der Waals surface area contributed by atoms with Crippen molar-refractivity contribution in [1.82, 2.24) is 5.32 Å². The first-order valence-corrected chi connectivity index (χ1v) is 4.51. The van der Waals surface area contributed by atoms with Crippen molar-refractivity contribution >= 4 is 11.6 Å². The smallest absolute Gasteiger partial charge is 0.253 e. The Balaban J connectivity index is 2.43. The first-order valence-electron chi connectivity index (χ1n) is 4.51. The van der Waals surface area contributed by atoms with Gasteiger partial charge < -0.3 is 15.4 Å². The number of ether oxygens (including phenoxy) is 1. The van der Waals surface area contributed by atoms with E-state index in [0.29, 0.717) is 12.1 Å². The molecule has 0 radical (unpaired) electrons. The van der Waals surface area contributed by atoms with E-state index in [0.717, 1.165) is 18.0 Å². The summed E-state index contributed by atoms with van der Waals surface area (Å²) in [6.45, 7) is 1.39. The van der Waals surface area contributed by atoms with Gasteiger partial charge in [0, 0.05) is 19.2 Å². The van der Waals surface area contributed by atoms with Crippen molar-refractivity contribution in [1.29, 1.82) is 0 Å². The maximum Gasteiger partial charge on any atom is 0.253 e. The van der Waals surface area contributed by atoms with Crippen molar-refractivity contribution in [2.75, 3.05) is 25.5 Å². The van der Waals surface area contributed by atoms with Crippen LogP contribution in [0.2, 0.25) is 0 Å². The van der Waals surface area contributed by atoms with Gasteiger partial charge in [0.1, 0.15) is 5.75 Å². The maximum absolute atomic E-state index is 11.5. The molecule has 4 nitrogen and oxygen atoms in total. The van der Waals surface area contributed by atoms with E-state index >= 15 is 0 Å². The van der Waals surface area contributed by atoms with E-state index in [9.17, 15) is 4.79 Å². The molecule has 0 atom stereocenters. The largest absolute Gasteiger partial charge is 0.497 e. The van der Waals surface area contributed by atoms with E-state index in [1.54, 1.807) is 19.2 Å². The van der Waals surface area contributed by atoms with E-state index in [4.69, 9.17) is 4.74 Å². The van der Waals surface area contributed by atoms with E-state index < -0.39 is 0 Å². The minimum absolute atomic E-state index is 0.0346. The molecule has 0 aromatic heterocycles. The Morgan fingerprint density at radius 1 is 1.29 bits per heavy atom. The van der Waals surface area contributed by atoms with Crippen molar-refractivity contribution in [3.8, 4) is 5.75 Å². The zero-order valence-electron chi connectivity index (χ0n) is 7.96. The van der Waals surface area contributed by atoms with Crippen LogP contribution in [-0.4, -0.2) is 26.1 Å². The van der Waals surface area contributed by atoms with Crippen LogP contribution in [0, 0.1) is 0 Å². The number of hydrogen-bond acceptors (Lipinski definition) is 3. The van der Waals surface area contributed by atoms with Gasteiger partial charge in [0.15, 0.2) is 0 Å². The quantitative estimate of drug-likeness (QED) is 0.693. The SMILES string of the molecule is COc1ccc2c(c1)NCCNC2=O. The molecule has 1 heterocycles. The number of rotatable bonds is 1. The number of benzene rings is 1. The number of fused-ring (bicyclic) bond motifs is 1. The van der Waals surface area contributed by atoms with Gasteiger partial charge in [-0.05, 0) is 12.1 Å². The molecule has 2 N–H and O–H groups in total. The molecule has 0 unspecified atom stereocenters. The number of amides is 1. The second-order valence-electron chi connectivity index (χ2n) is 3.09. The molecular weight excluding hydrogens is 180 g/mol. The van der Waals surface area contributed by atoms with Crippen molar-refractivity contribution in [3.05, 3.63) is 23.8 Å². The summed E-state index contributed by atoms with van der Waals surface area (Å²) in [5, 5.41) is 5.96. The summed E-state index contributed by atoms with van der Waals surface area (Å²) in [4.78, 5) is 11.5. The molecule has 14 heavy (non-hydrogen) atoms. The molecule has 1 aliphatic heterocycles. The highest BCUT2D eigenvalue weighted by Gasteiger charge is 2.14. The van der Waals surface area contributed by atoms with Gasteiger partial charge in [0.05, 0.1) is 18.4 Å². The van der Waals surface area contributed by atoms with Gasteiger partial charge in [0.25, 0.3) is 5.91 Å². The molecule has 0 aliphatic carbocycles. The number of nitrogens with one attached hydrogen (secondary N) is 2. The van der Waals surface area contributed by atoms with Crippen LogP contribution >= 0.6 is 0 Å². The molecule has 74 valence electrons. The Kier molecular flexibility index (Phi) is 2.26. The second-order valence-corrected chi connectivity index (χ2v) is 3.09. The van der Waals surface area contributed by atoms with Crippen molar-refractivity contribution < 1.29 is 9.53 Å². The van der Waals surface area contributed by atoms with Crippen LogP contribution in [0.25, 0.3) is 0 Å². The molecule has 0 bridgehead atoms. The normalized spacial score (nSPS) is 14.8. The average Bonchev–Trinajstić information content (AvgIpc) is 2.40. The molecular formula is C10H12N2O2. The summed E-state index contributed by atoms with van der Waals surface area (Å²) in [6, 6.07) is 5.38. The Labute approximate surface area is 82.3 Å². The summed E-state index contributed by atoms with van der Waals surface area (Å²) in [7, 11) is 1.61. The van der Waals surface area contributed by atoms with Gasteiger partial charge in [-0.15, -0.1) is 0 Å². The highest BCUT2D eigenvalue weighted by atomic mass is 16.5. The number of anilines is 1. The standard InChI is InChI=1S/C10H12N2O2/c1-14-7-2-3-8-9(6-7)11-4-5-12-10(8)13/h2-3,6,11H,4-5H2,1H3,(H,12,13). The summed E-state index contributed by atoms with van der Waals surface area (Å²) < 4.78 is 5.08. The predicted octanol–water partition coefficient (Wildman–Crippen LogP) is 0.850. The summed E-state index contributed by atoms with van der Waals surface area (Å²) in [6.07, 6.45) is 0. The molecule has 1 aromatic carbocycles. The molecule has 2 rings (SSSR count). The Morgan fingerprint density at radius 3 is 2.86 bits per heavy atom. The summed E-state index contributed by atoms with van der Waals surface area (Å²) in [5.74, 6) is 0.721. The van der Waals surface area contributed by atoms with Crippen molar-refractivity contribution in [2.24, 2.45) is 0 Å². The minimum atomic E-state index is -0.0346. The zero-order valence-corrected chi connectivity index (χ0v) is 7.96. The molecule has 1 amide bonds. The van der Waals surface area contributed by atoms with Crippen LogP contribution in [0.1, 0.15) is 10.4 Å². The fourth-order valence-corrected chi connectivity index (χ4v) is 1.46. The third-order valence-electron chi connectivity index (χ3n) is 2.20. The third-order valence-corrected chi connectivity index (χ3v) is 2.20. The van der Waals surface area contributed by atoms with Crippen LogP contribution in [0.4, 0.5) is 5.69 Å². The van der Waals surface area contributed by atoms with Crippen molar-refractivity contribution in [3.63, 3.8) is 0 Å². The lowest BCUT2D eigenvalue weighted by molar-refractivity contribution is 0.0958. The molecule has 1 aromatic rings. The van der Waals surface area contributed by atoms with Crippen LogP contribution in [0.3, 0.4) is 0 Å². The Bertz CT molecular complexity index is 363. The molecule has 0 fully saturated rings. The van der Waals surface area contributed by atoms with Gasteiger partial charge in [0.2, 0.25) is 0 Å². The summed E-state index contributed by atoms with van der Waals surface area (Å²) >= 11 is 0. The highest BCUT2D eigenvalue weighted by Crippen LogP contribution is 2.23. The topological polar surface area (TPSA) is 50.4 Å². The first kappa shape index (κ1) is 8.87. The monoisotopic (exact) mass is 192 g/mol. The molecule has 0 saturated carbocycles. The van der Waals surface area contributed by atoms with Gasteiger partial charge in [-0.1, -0.05) is 0 Å². The summed E-state index contributed by atoms with van der Waals surface area (Å²) in [5.41, 5.74) is 1.50. The lowest BCUT2D eigenvalue weighted by Gasteiger charge is -2.07. The molecule has 0 spiro atoms. The predicted molar refractivity (Wildman–Crippen MR) is 53.8 cm³/mol. The maximum atomic E-state index is 11.5. The van der Waals surface area contributed by atoms with Crippen LogP contribution in [0.5, 0.6) is 5.75 Å². The van der Waals surface area contributed by atoms with Crippen LogP contribution < -0.4 is 15.4 Å². The number of hydrogen-bond donors (Lipinski definition) is 2. The van der Waals surface area contributed by atoms with Gasteiger partial charge in [-0.3, -0.25) is 4.79 Å². The van der Waals surface area contributed by atoms with Crippen molar-refractivity contribution in [2.45, 2.75) is 0 Å². The minimum Gasteiger partial charge on any atom is -0.497 e. The zero-order chi connectivity index (χ0) is 9.97. The lowest BCUT2D eigenvalue weighted by atomic mass is 10.1. The fourth-order valence-electron chi connectivity index (χ4n) is 1.46. The third kappa shape index (κ3) is 1.51. The number of carbonyl (C=O) groups is 1. The van der Waals surface area contributed by atoms with Gasteiger partial charge in [-0.25, -0.2) is 0 Å². The average molecular weight is 192 g/mol. The van der Waals surface area contributed by atoms with Crippen LogP contribution in [0.15, 0.2) is 18.2 Å². The van der Waals surface area contributed by atoms with E-state index in [-0.39, 0.29) is 5.91 Å². The molecule has 4 heteroatoms. The Morgan fingerprint density at radius 2 is 2.07 bits per heavy atom. The lowest BCUT2D eigenvalue weighted by Crippen LogP contribution is -2.24. The first-order chi connectivity index (χ1) is 6.81. The van der Waals surface area contributed by atoms with Gasteiger partial charge in [-0.2, -0.15) is 0 Å². The highest BCUT2D eigenvalue weighted by molar-refractivity contribution is 6.00. The van der Waals surface area contributed by atoms with E-state index in [1.165, 1.54) is 0 Å². The molecule has 1 aliphatic rings. The Hall–Kier alpha value is -1.71. The van der Waals surface area contributed by atoms with E-state index in [2.05, 4.69) is 10.6 Å².